The Morgan fingerprint density at radius 3 is 2.86 bits per heavy atom. The Hall–Kier alpha value is -2.34. The van der Waals surface area contributed by atoms with E-state index in [1.165, 1.54) is 17.1 Å². The number of hydrogen-bond acceptors (Lipinski definition) is 4. The number of nitrogens with zero attached hydrogens (tertiary/aromatic N) is 2. The fraction of sp³-hybridized carbons (Fsp3) is 0.267. The minimum atomic E-state index is -0.585. The SMILES string of the molecule is CC(NC(=O)COC(=O)c1cnn(C)c1)c1cccc(Cl)c1. The van der Waals surface area contributed by atoms with E-state index in [4.69, 9.17) is 16.3 Å². The van der Waals surface area contributed by atoms with Gasteiger partial charge in [0, 0.05) is 18.3 Å². The summed E-state index contributed by atoms with van der Waals surface area (Å²) in [5.41, 5.74) is 1.18. The highest BCUT2D eigenvalue weighted by molar-refractivity contribution is 6.30. The molecule has 0 aliphatic rings. The molecule has 2 aromatic rings. The van der Waals surface area contributed by atoms with Gasteiger partial charge in [-0.2, -0.15) is 5.10 Å². The quantitative estimate of drug-likeness (QED) is 0.856. The van der Waals surface area contributed by atoms with Gasteiger partial charge < -0.3 is 10.1 Å². The molecule has 116 valence electrons. The van der Waals surface area contributed by atoms with Crippen LogP contribution in [-0.4, -0.2) is 28.3 Å². The highest BCUT2D eigenvalue weighted by Gasteiger charge is 2.14. The van der Waals surface area contributed by atoms with Crippen LogP contribution in [0.25, 0.3) is 0 Å². The van der Waals surface area contributed by atoms with Crippen molar-refractivity contribution in [1.29, 1.82) is 0 Å². The van der Waals surface area contributed by atoms with Crippen LogP contribution >= 0.6 is 11.6 Å². The first-order chi connectivity index (χ1) is 10.5. The van der Waals surface area contributed by atoms with E-state index in [9.17, 15) is 9.59 Å². The summed E-state index contributed by atoms with van der Waals surface area (Å²) >= 11 is 5.91. The third kappa shape index (κ3) is 4.33. The second-order valence-corrected chi connectivity index (χ2v) is 5.26. The summed E-state index contributed by atoms with van der Waals surface area (Å²) in [6.45, 7) is 1.48. The van der Waals surface area contributed by atoms with Crippen molar-refractivity contribution >= 4 is 23.5 Å². The summed E-state index contributed by atoms with van der Waals surface area (Å²) < 4.78 is 6.42. The average Bonchev–Trinajstić information content (AvgIpc) is 2.91. The zero-order valence-electron chi connectivity index (χ0n) is 12.2. The summed E-state index contributed by atoms with van der Waals surface area (Å²) in [6, 6.07) is 6.97. The molecule has 1 heterocycles. The third-order valence-electron chi connectivity index (χ3n) is 3.00. The highest BCUT2D eigenvalue weighted by atomic mass is 35.5. The molecule has 0 saturated carbocycles. The van der Waals surface area contributed by atoms with E-state index in [0.717, 1.165) is 5.56 Å². The minimum absolute atomic E-state index is 0.233. The molecule has 0 fully saturated rings. The van der Waals surface area contributed by atoms with Crippen LogP contribution in [0.5, 0.6) is 0 Å². The summed E-state index contributed by atoms with van der Waals surface area (Å²) in [6.07, 6.45) is 2.91. The monoisotopic (exact) mass is 321 g/mol. The summed E-state index contributed by atoms with van der Waals surface area (Å²) in [7, 11) is 1.69. The lowest BCUT2D eigenvalue weighted by Crippen LogP contribution is -2.31. The van der Waals surface area contributed by atoms with E-state index in [1.807, 2.05) is 19.1 Å². The van der Waals surface area contributed by atoms with Gasteiger partial charge in [0.1, 0.15) is 0 Å². The van der Waals surface area contributed by atoms with Gasteiger partial charge in [0.15, 0.2) is 6.61 Å². The number of halogens is 1. The van der Waals surface area contributed by atoms with Crippen molar-refractivity contribution in [2.75, 3.05) is 6.61 Å². The number of esters is 1. The maximum Gasteiger partial charge on any atom is 0.341 e. The number of nitrogens with one attached hydrogen (secondary N) is 1. The topological polar surface area (TPSA) is 73.2 Å². The fourth-order valence-corrected chi connectivity index (χ4v) is 2.08. The lowest BCUT2D eigenvalue weighted by atomic mass is 10.1. The van der Waals surface area contributed by atoms with Crippen LogP contribution in [0.15, 0.2) is 36.7 Å². The number of rotatable bonds is 5. The van der Waals surface area contributed by atoms with Crippen LogP contribution in [0, 0.1) is 0 Å². The molecule has 1 unspecified atom stereocenters. The molecule has 0 spiro atoms. The van der Waals surface area contributed by atoms with Crippen molar-refractivity contribution in [3.63, 3.8) is 0 Å². The maximum atomic E-state index is 11.8. The van der Waals surface area contributed by atoms with Crippen LogP contribution < -0.4 is 5.32 Å². The van der Waals surface area contributed by atoms with Crippen molar-refractivity contribution in [3.8, 4) is 0 Å². The van der Waals surface area contributed by atoms with Crippen molar-refractivity contribution in [1.82, 2.24) is 15.1 Å². The molecule has 7 heteroatoms. The molecule has 2 rings (SSSR count). The first-order valence-corrected chi connectivity index (χ1v) is 7.04. The first-order valence-electron chi connectivity index (χ1n) is 6.66. The number of ether oxygens (including phenoxy) is 1. The van der Waals surface area contributed by atoms with Gasteiger partial charge in [-0.1, -0.05) is 23.7 Å². The number of carbonyl (C=O) groups excluding carboxylic acids is 2. The predicted molar refractivity (Wildman–Crippen MR) is 81.5 cm³/mol. The second-order valence-electron chi connectivity index (χ2n) is 4.82. The van der Waals surface area contributed by atoms with Crippen LogP contribution in [0.1, 0.15) is 28.9 Å². The first kappa shape index (κ1) is 16.0. The van der Waals surface area contributed by atoms with Crippen molar-refractivity contribution in [2.45, 2.75) is 13.0 Å². The van der Waals surface area contributed by atoms with E-state index in [1.54, 1.807) is 19.2 Å². The smallest absolute Gasteiger partial charge is 0.341 e. The van der Waals surface area contributed by atoms with Crippen molar-refractivity contribution in [2.24, 2.45) is 7.05 Å². The number of aromatic nitrogens is 2. The number of aryl methyl sites for hydroxylation is 1. The molecule has 0 aliphatic carbocycles. The summed E-state index contributed by atoms with van der Waals surface area (Å²) in [4.78, 5) is 23.5. The van der Waals surface area contributed by atoms with Gasteiger partial charge in [0.05, 0.1) is 17.8 Å². The number of hydrogen-bond donors (Lipinski definition) is 1. The lowest BCUT2D eigenvalue weighted by molar-refractivity contribution is -0.124. The van der Waals surface area contributed by atoms with Crippen LogP contribution in [-0.2, 0) is 16.6 Å². The molecular formula is C15H16ClN3O3. The van der Waals surface area contributed by atoms with Gasteiger partial charge in [0.2, 0.25) is 0 Å². The van der Waals surface area contributed by atoms with Gasteiger partial charge in [-0.3, -0.25) is 9.48 Å². The molecule has 6 nitrogen and oxygen atoms in total. The van der Waals surface area contributed by atoms with E-state index in [-0.39, 0.29) is 18.6 Å². The molecule has 1 aromatic heterocycles. The Balaban J connectivity index is 1.84. The number of benzene rings is 1. The Morgan fingerprint density at radius 2 is 2.23 bits per heavy atom. The van der Waals surface area contributed by atoms with Gasteiger partial charge in [0.25, 0.3) is 5.91 Å². The van der Waals surface area contributed by atoms with E-state index in [2.05, 4.69) is 10.4 Å². The molecule has 1 aromatic carbocycles. The molecule has 0 radical (unpaired) electrons. The second kappa shape index (κ2) is 7.09. The van der Waals surface area contributed by atoms with Crippen LogP contribution in [0.2, 0.25) is 5.02 Å². The molecule has 0 aliphatic heterocycles. The zero-order valence-corrected chi connectivity index (χ0v) is 13.0. The molecule has 1 amide bonds. The van der Waals surface area contributed by atoms with E-state index >= 15 is 0 Å². The van der Waals surface area contributed by atoms with Gasteiger partial charge in [-0.05, 0) is 24.6 Å². The number of carbonyl (C=O) groups is 2. The lowest BCUT2D eigenvalue weighted by Gasteiger charge is -2.14. The molecule has 1 N–H and O–H groups in total. The van der Waals surface area contributed by atoms with E-state index < -0.39 is 5.97 Å². The Labute approximate surface area is 133 Å². The summed E-state index contributed by atoms with van der Waals surface area (Å²) in [5.74, 6) is -0.969. The third-order valence-corrected chi connectivity index (χ3v) is 3.24. The molecule has 1 atom stereocenters. The predicted octanol–water partition coefficient (Wildman–Crippen LogP) is 2.11. The van der Waals surface area contributed by atoms with Gasteiger partial charge in [-0.15, -0.1) is 0 Å². The maximum absolute atomic E-state index is 11.8. The van der Waals surface area contributed by atoms with E-state index in [0.29, 0.717) is 10.6 Å². The minimum Gasteiger partial charge on any atom is -0.452 e. The van der Waals surface area contributed by atoms with Crippen LogP contribution in [0.4, 0.5) is 0 Å². The molecule has 0 bridgehead atoms. The Bertz CT molecular complexity index is 684. The van der Waals surface area contributed by atoms with Gasteiger partial charge in [-0.25, -0.2) is 4.79 Å². The normalized spacial score (nSPS) is 11.8. The van der Waals surface area contributed by atoms with Crippen molar-refractivity contribution < 1.29 is 14.3 Å². The Kier molecular flexibility index (Phi) is 5.16. The van der Waals surface area contributed by atoms with Crippen molar-refractivity contribution in [3.05, 3.63) is 52.8 Å². The Morgan fingerprint density at radius 1 is 1.45 bits per heavy atom. The average molecular weight is 322 g/mol. The standard InChI is InChI=1S/C15H16ClN3O3/c1-10(11-4-3-5-13(16)6-11)18-14(20)9-22-15(21)12-7-17-19(2)8-12/h3-8,10H,9H2,1-2H3,(H,18,20). The molecule has 22 heavy (non-hydrogen) atoms. The molecule has 0 saturated heterocycles. The van der Waals surface area contributed by atoms with Gasteiger partial charge >= 0.3 is 5.97 Å². The van der Waals surface area contributed by atoms with Crippen LogP contribution in [0.3, 0.4) is 0 Å². The number of amides is 1. The highest BCUT2D eigenvalue weighted by Crippen LogP contribution is 2.17. The fourth-order valence-electron chi connectivity index (χ4n) is 1.88. The summed E-state index contributed by atoms with van der Waals surface area (Å²) in [5, 5.41) is 7.20. The molecular weight excluding hydrogens is 306 g/mol. The zero-order chi connectivity index (χ0) is 16.1. The largest absolute Gasteiger partial charge is 0.452 e.